The molecule has 0 aromatic heterocycles. The highest BCUT2D eigenvalue weighted by Crippen LogP contribution is 2.29. The summed E-state index contributed by atoms with van der Waals surface area (Å²) in [5.74, 6) is 1.46. The molecule has 0 radical (unpaired) electrons. The van der Waals surface area contributed by atoms with Gasteiger partial charge in [0, 0.05) is 12.1 Å². The van der Waals surface area contributed by atoms with Crippen molar-refractivity contribution in [2.24, 2.45) is 0 Å². The van der Waals surface area contributed by atoms with Crippen molar-refractivity contribution in [2.45, 2.75) is 13.8 Å². The number of rotatable bonds is 2. The maximum Gasteiger partial charge on any atom is 0.131 e. The summed E-state index contributed by atoms with van der Waals surface area (Å²) in [7, 11) is 0. The zero-order chi connectivity index (χ0) is 12.4. The summed E-state index contributed by atoms with van der Waals surface area (Å²) in [4.78, 5) is 0. The molecule has 0 unspecified atom stereocenters. The van der Waals surface area contributed by atoms with Crippen LogP contribution in [0.1, 0.15) is 11.1 Å². The molecule has 0 spiro atoms. The van der Waals surface area contributed by atoms with E-state index in [1.54, 1.807) is 36.4 Å². The molecule has 3 heteroatoms. The maximum atomic E-state index is 9.55. The first-order valence-corrected chi connectivity index (χ1v) is 5.33. The molecule has 17 heavy (non-hydrogen) atoms. The minimum absolute atomic E-state index is 0.193. The fraction of sp³-hybridized carbons (Fsp3) is 0.143. The second kappa shape index (κ2) is 4.37. The summed E-state index contributed by atoms with van der Waals surface area (Å²) >= 11 is 0. The Labute approximate surface area is 99.9 Å². The molecule has 0 bridgehead atoms. The number of hydrogen-bond donors (Lipinski definition) is 2. The van der Waals surface area contributed by atoms with Crippen molar-refractivity contribution in [1.29, 1.82) is 0 Å². The fourth-order valence-electron chi connectivity index (χ4n) is 1.44. The SMILES string of the molecule is Cc1ccc(Oc2ccc(C)c(O)c2)cc1O. The minimum atomic E-state index is 0.193. The van der Waals surface area contributed by atoms with E-state index >= 15 is 0 Å². The molecule has 0 amide bonds. The van der Waals surface area contributed by atoms with E-state index in [0.717, 1.165) is 11.1 Å². The van der Waals surface area contributed by atoms with Crippen LogP contribution in [-0.4, -0.2) is 10.2 Å². The largest absolute Gasteiger partial charge is 0.508 e. The second-order valence-corrected chi connectivity index (χ2v) is 4.00. The Hall–Kier alpha value is -2.16. The minimum Gasteiger partial charge on any atom is -0.508 e. The van der Waals surface area contributed by atoms with E-state index in [1.165, 1.54) is 0 Å². The number of phenolic OH excluding ortho intramolecular Hbond substituents is 2. The van der Waals surface area contributed by atoms with Crippen LogP contribution in [0, 0.1) is 13.8 Å². The number of aryl methyl sites for hydroxylation is 2. The van der Waals surface area contributed by atoms with E-state index in [0.29, 0.717) is 11.5 Å². The van der Waals surface area contributed by atoms with Crippen LogP contribution in [0.2, 0.25) is 0 Å². The quantitative estimate of drug-likeness (QED) is 0.830. The molecule has 2 rings (SSSR count). The van der Waals surface area contributed by atoms with Crippen LogP contribution in [0.25, 0.3) is 0 Å². The first kappa shape index (κ1) is 11.3. The Morgan fingerprint density at radius 3 is 1.53 bits per heavy atom. The smallest absolute Gasteiger partial charge is 0.131 e. The van der Waals surface area contributed by atoms with Crippen LogP contribution in [0.15, 0.2) is 36.4 Å². The third-order valence-corrected chi connectivity index (χ3v) is 2.60. The summed E-state index contributed by atoms with van der Waals surface area (Å²) in [5.41, 5.74) is 1.59. The van der Waals surface area contributed by atoms with Crippen LogP contribution in [0.5, 0.6) is 23.0 Å². The van der Waals surface area contributed by atoms with Gasteiger partial charge in [0.1, 0.15) is 23.0 Å². The lowest BCUT2D eigenvalue weighted by Gasteiger charge is -2.08. The van der Waals surface area contributed by atoms with Crippen molar-refractivity contribution in [3.05, 3.63) is 47.5 Å². The van der Waals surface area contributed by atoms with Crippen LogP contribution < -0.4 is 4.74 Å². The lowest BCUT2D eigenvalue weighted by molar-refractivity contribution is 0.443. The molecule has 2 aromatic rings. The molecule has 2 aromatic carbocycles. The number of benzene rings is 2. The average molecular weight is 230 g/mol. The Morgan fingerprint density at radius 2 is 1.18 bits per heavy atom. The van der Waals surface area contributed by atoms with Gasteiger partial charge in [-0.2, -0.15) is 0 Å². The zero-order valence-corrected chi connectivity index (χ0v) is 9.77. The first-order chi connectivity index (χ1) is 8.06. The van der Waals surface area contributed by atoms with Crippen molar-refractivity contribution in [3.63, 3.8) is 0 Å². The Balaban J connectivity index is 2.25. The topological polar surface area (TPSA) is 49.7 Å². The molecule has 3 nitrogen and oxygen atoms in total. The normalized spacial score (nSPS) is 10.2. The summed E-state index contributed by atoms with van der Waals surface area (Å²) in [5, 5.41) is 19.1. The highest BCUT2D eigenvalue weighted by molar-refractivity contribution is 5.43. The predicted octanol–water partition coefficient (Wildman–Crippen LogP) is 3.51. The van der Waals surface area contributed by atoms with Gasteiger partial charge in [0.2, 0.25) is 0 Å². The van der Waals surface area contributed by atoms with Gasteiger partial charge in [-0.05, 0) is 37.1 Å². The van der Waals surface area contributed by atoms with Crippen molar-refractivity contribution in [3.8, 4) is 23.0 Å². The third kappa shape index (κ3) is 2.50. The number of phenols is 2. The van der Waals surface area contributed by atoms with Gasteiger partial charge in [0.15, 0.2) is 0 Å². The van der Waals surface area contributed by atoms with Crippen molar-refractivity contribution >= 4 is 0 Å². The number of aromatic hydroxyl groups is 2. The fourth-order valence-corrected chi connectivity index (χ4v) is 1.44. The Kier molecular flexibility index (Phi) is 2.91. The van der Waals surface area contributed by atoms with Crippen molar-refractivity contribution in [1.82, 2.24) is 0 Å². The molecule has 88 valence electrons. The predicted molar refractivity (Wildman–Crippen MR) is 65.8 cm³/mol. The van der Waals surface area contributed by atoms with E-state index in [-0.39, 0.29) is 11.5 Å². The summed E-state index contributed by atoms with van der Waals surface area (Å²) in [6, 6.07) is 10.2. The molecular formula is C14H14O3. The summed E-state index contributed by atoms with van der Waals surface area (Å²) < 4.78 is 5.53. The van der Waals surface area contributed by atoms with Crippen LogP contribution in [0.3, 0.4) is 0 Å². The lowest BCUT2D eigenvalue weighted by atomic mass is 10.2. The van der Waals surface area contributed by atoms with Crippen LogP contribution in [-0.2, 0) is 0 Å². The van der Waals surface area contributed by atoms with E-state index in [4.69, 9.17) is 4.74 Å². The molecule has 0 fully saturated rings. The van der Waals surface area contributed by atoms with Gasteiger partial charge >= 0.3 is 0 Å². The van der Waals surface area contributed by atoms with E-state index in [9.17, 15) is 10.2 Å². The highest BCUT2D eigenvalue weighted by atomic mass is 16.5. The molecule has 0 heterocycles. The monoisotopic (exact) mass is 230 g/mol. The van der Waals surface area contributed by atoms with Gasteiger partial charge in [0.25, 0.3) is 0 Å². The zero-order valence-electron chi connectivity index (χ0n) is 9.77. The van der Waals surface area contributed by atoms with Gasteiger partial charge in [-0.1, -0.05) is 12.1 Å². The standard InChI is InChI=1S/C14H14O3/c1-9-3-5-11(7-13(9)15)17-12-6-4-10(2)14(16)8-12/h3-8,15-16H,1-2H3. The van der Waals surface area contributed by atoms with Gasteiger partial charge in [-0.15, -0.1) is 0 Å². The molecule has 0 aliphatic heterocycles. The molecule has 0 aliphatic carbocycles. The molecule has 0 aliphatic rings. The number of hydrogen-bond acceptors (Lipinski definition) is 3. The van der Waals surface area contributed by atoms with E-state index in [2.05, 4.69) is 0 Å². The molecule has 0 saturated heterocycles. The van der Waals surface area contributed by atoms with Crippen LogP contribution in [0.4, 0.5) is 0 Å². The Bertz CT molecular complexity index is 498. The maximum absolute atomic E-state index is 9.55. The van der Waals surface area contributed by atoms with E-state index < -0.39 is 0 Å². The Morgan fingerprint density at radius 1 is 0.765 bits per heavy atom. The van der Waals surface area contributed by atoms with Gasteiger partial charge < -0.3 is 14.9 Å². The van der Waals surface area contributed by atoms with Gasteiger partial charge in [0.05, 0.1) is 0 Å². The summed E-state index contributed by atoms with van der Waals surface area (Å²) in [6.07, 6.45) is 0. The first-order valence-electron chi connectivity index (χ1n) is 5.33. The second-order valence-electron chi connectivity index (χ2n) is 4.00. The molecule has 0 atom stereocenters. The summed E-state index contributed by atoms with van der Waals surface area (Å²) in [6.45, 7) is 3.63. The van der Waals surface area contributed by atoms with Crippen molar-refractivity contribution < 1.29 is 14.9 Å². The van der Waals surface area contributed by atoms with Crippen LogP contribution >= 0.6 is 0 Å². The molecule has 0 saturated carbocycles. The van der Waals surface area contributed by atoms with E-state index in [1.807, 2.05) is 13.8 Å². The van der Waals surface area contributed by atoms with Gasteiger partial charge in [-0.25, -0.2) is 0 Å². The molecule has 2 N–H and O–H groups in total. The average Bonchev–Trinajstić information content (AvgIpc) is 2.29. The third-order valence-electron chi connectivity index (χ3n) is 2.60. The van der Waals surface area contributed by atoms with Gasteiger partial charge in [-0.3, -0.25) is 0 Å². The highest BCUT2D eigenvalue weighted by Gasteiger charge is 2.03. The number of ether oxygens (including phenoxy) is 1. The molecular weight excluding hydrogens is 216 g/mol. The van der Waals surface area contributed by atoms with Crippen molar-refractivity contribution in [2.75, 3.05) is 0 Å². The lowest BCUT2D eigenvalue weighted by Crippen LogP contribution is -1.85.